The summed E-state index contributed by atoms with van der Waals surface area (Å²) in [6, 6.07) is -10.4. The van der Waals surface area contributed by atoms with E-state index in [1.807, 2.05) is 46.9 Å². The Bertz CT molecular complexity index is 2650. The zero-order chi connectivity index (χ0) is 69.4. The van der Waals surface area contributed by atoms with Gasteiger partial charge in [0.15, 0.2) is 12.1 Å². The second kappa shape index (κ2) is 37.1. The monoisotopic (exact) mass is 1290 g/mol. The van der Waals surface area contributed by atoms with Crippen LogP contribution in [-0.4, -0.2) is 196 Å². The fourth-order valence-electron chi connectivity index (χ4n) is 9.81. The van der Waals surface area contributed by atoms with Gasteiger partial charge < -0.3 is 102 Å². The van der Waals surface area contributed by atoms with Crippen molar-refractivity contribution in [1.82, 2.24) is 58.5 Å². The number of carbonyl (C=O) groups is 11. The molecule has 0 radical (unpaired) electrons. The predicted molar refractivity (Wildman–Crippen MR) is 337 cm³/mol. The first-order valence-corrected chi connectivity index (χ1v) is 30.8. The second-order valence-electron chi connectivity index (χ2n) is 26.5. The summed E-state index contributed by atoms with van der Waals surface area (Å²) in [4.78, 5) is 161. The number of nitrogens with two attached hydrogens (primary N) is 4. The van der Waals surface area contributed by atoms with Crippen LogP contribution in [0.3, 0.4) is 0 Å². The zero-order valence-corrected chi connectivity index (χ0v) is 54.8. The highest BCUT2D eigenvalue weighted by molar-refractivity contribution is 6.00. The molecule has 23 N–H and O–H groups in total. The molecule has 91 heavy (non-hydrogen) atoms. The summed E-state index contributed by atoms with van der Waals surface area (Å²) in [7, 11) is 0. The van der Waals surface area contributed by atoms with Gasteiger partial charge in [-0.05, 0) is 73.2 Å². The topological polar surface area (TPSA) is 517 Å². The lowest BCUT2D eigenvalue weighted by Crippen LogP contribution is -2.65. The molecule has 0 aromatic heterocycles. The number of rotatable bonds is 22. The number of aliphatic imine (C=N–C) groups is 1. The Kier molecular flexibility index (Phi) is 32.4. The number of aliphatic hydroxyl groups is 4. The van der Waals surface area contributed by atoms with Crippen LogP contribution in [0, 0.1) is 28.6 Å². The number of aliphatic hydroxyl groups excluding tert-OH is 4. The summed E-state index contributed by atoms with van der Waals surface area (Å²) in [5.41, 5.74) is 22.4. The highest BCUT2D eigenvalue weighted by atomic mass is 16.3. The lowest BCUT2D eigenvalue weighted by atomic mass is 9.86. The van der Waals surface area contributed by atoms with Crippen molar-refractivity contribution in [3.63, 3.8) is 0 Å². The summed E-state index contributed by atoms with van der Waals surface area (Å²) < 4.78 is 0. The highest BCUT2D eigenvalue weighted by Gasteiger charge is 2.43. The number of amides is 11. The maximum absolute atomic E-state index is 15.5. The van der Waals surface area contributed by atoms with Gasteiger partial charge in [0.05, 0.1) is 37.4 Å². The third-order valence-corrected chi connectivity index (χ3v) is 14.8. The number of benzene rings is 1. The molecule has 1 saturated heterocycles. The van der Waals surface area contributed by atoms with Crippen LogP contribution in [0.25, 0.3) is 0 Å². The lowest BCUT2D eigenvalue weighted by Gasteiger charge is -2.35. The predicted octanol–water partition coefficient (Wildman–Crippen LogP) is -4.61. The van der Waals surface area contributed by atoms with Crippen molar-refractivity contribution >= 4 is 70.9 Å². The van der Waals surface area contributed by atoms with Gasteiger partial charge in [-0.25, -0.2) is 0 Å². The standard InChI is InChI=1S/C60H104N16O15/c1-14-31(6)40-54(88)73-41(32(7)78)53(87)67-27-39(79)71-45(47(81)48(62)82)57(91)70-38(28-77)52(86)74-42(33-19-16-15-17-20-33)43(75-51(85)37(25-60(11,12)13)66-26-34(61)24-59(8,9)10)55(89)76-44(46(80)30(4)5)56(90)69-36(23-29(2)3)50(84)68-35(49(83)72-40)21-18-22-65-58(63)64/h15-17,19-20,29-32,34-38,40-47,66,77-78,80-81H,14,18,21-28,61H2,1-13H3,(H2,62,82)(H,67,87)(H,68,84)(H,69,90)(H,70,91)(H,71,79)(H,72,83)(H,73,88)(H,74,86)(H,75,85)(H,76,89)(H4,63,64,65)/t31-,32-,34-,35+,36-,37-,38-,40-,41-,42+,43-,44-,45-,46+,47-/m0/s1. The van der Waals surface area contributed by atoms with E-state index in [0.717, 1.165) is 6.92 Å². The van der Waals surface area contributed by atoms with Crippen molar-refractivity contribution in [3.05, 3.63) is 35.9 Å². The van der Waals surface area contributed by atoms with Crippen LogP contribution in [0.1, 0.15) is 140 Å². The second-order valence-corrected chi connectivity index (χ2v) is 26.5. The Morgan fingerprint density at radius 2 is 1.18 bits per heavy atom. The lowest BCUT2D eigenvalue weighted by molar-refractivity contribution is -0.140. The minimum atomic E-state index is -2.53. The van der Waals surface area contributed by atoms with E-state index in [1.165, 1.54) is 38.1 Å². The average molecular weight is 1290 g/mol. The van der Waals surface area contributed by atoms with Crippen molar-refractivity contribution in [2.24, 2.45) is 56.5 Å². The molecule has 1 aliphatic heterocycles. The molecule has 0 unspecified atom stereocenters. The molecule has 0 bridgehead atoms. The number of hydrogen-bond acceptors (Lipinski definition) is 18. The average Bonchev–Trinajstić information content (AvgIpc) is 1.24. The molecule has 1 fully saturated rings. The third-order valence-electron chi connectivity index (χ3n) is 14.8. The van der Waals surface area contributed by atoms with Crippen molar-refractivity contribution in [1.29, 1.82) is 0 Å². The van der Waals surface area contributed by atoms with Crippen molar-refractivity contribution in [2.75, 3.05) is 26.2 Å². The maximum Gasteiger partial charge on any atom is 0.248 e. The molecule has 1 aromatic rings. The van der Waals surface area contributed by atoms with E-state index in [4.69, 9.17) is 22.9 Å². The van der Waals surface area contributed by atoms with E-state index in [0.29, 0.717) is 6.42 Å². The van der Waals surface area contributed by atoms with Crippen LogP contribution >= 0.6 is 0 Å². The molecule has 31 nitrogen and oxygen atoms in total. The Hall–Kier alpha value is -7.58. The minimum Gasteiger partial charge on any atom is -0.394 e. The van der Waals surface area contributed by atoms with Gasteiger partial charge in [-0.1, -0.05) is 120 Å². The number of guanidine groups is 1. The number of nitrogens with zero attached hydrogens (tertiary/aromatic N) is 1. The van der Waals surface area contributed by atoms with Gasteiger partial charge >= 0.3 is 0 Å². The first-order valence-electron chi connectivity index (χ1n) is 30.8. The number of hydrogen-bond donors (Lipinski definition) is 19. The van der Waals surface area contributed by atoms with Gasteiger partial charge in [0, 0.05) is 19.1 Å². The van der Waals surface area contributed by atoms with Gasteiger partial charge in [-0.2, -0.15) is 0 Å². The molecule has 15 atom stereocenters. The molecule has 1 aromatic carbocycles. The van der Waals surface area contributed by atoms with Crippen LogP contribution in [0.5, 0.6) is 0 Å². The van der Waals surface area contributed by atoms with Gasteiger partial charge in [0.1, 0.15) is 48.3 Å². The molecule has 1 aliphatic rings. The van der Waals surface area contributed by atoms with Crippen molar-refractivity contribution < 1.29 is 73.2 Å². The molecular formula is C60H104N16O15. The molecule has 11 amide bonds. The van der Waals surface area contributed by atoms with Crippen molar-refractivity contribution in [2.45, 2.75) is 213 Å². The molecular weight excluding hydrogens is 1180 g/mol. The number of nitrogens with one attached hydrogen (secondary N) is 11. The van der Waals surface area contributed by atoms with E-state index < -0.39 is 180 Å². The van der Waals surface area contributed by atoms with Crippen LogP contribution < -0.4 is 81.4 Å². The molecule has 514 valence electrons. The fourth-order valence-corrected chi connectivity index (χ4v) is 9.81. The minimum absolute atomic E-state index is 0.0295. The first kappa shape index (κ1) is 79.5. The Balaban J connectivity index is 3.13. The zero-order valence-electron chi connectivity index (χ0n) is 54.8. The Morgan fingerprint density at radius 3 is 1.70 bits per heavy atom. The van der Waals surface area contributed by atoms with Gasteiger partial charge in [0.25, 0.3) is 0 Å². The summed E-state index contributed by atoms with van der Waals surface area (Å²) in [5.74, 6) is -15.0. The summed E-state index contributed by atoms with van der Waals surface area (Å²) in [6.07, 6.45) is -5.24. The Labute approximate surface area is 532 Å². The van der Waals surface area contributed by atoms with E-state index in [2.05, 4.69) is 58.2 Å². The van der Waals surface area contributed by atoms with Gasteiger partial charge in [-0.3, -0.25) is 57.7 Å². The fraction of sp³-hybridized carbons (Fsp3) is 0.700. The van der Waals surface area contributed by atoms with E-state index in [1.54, 1.807) is 33.8 Å². The molecule has 2 rings (SSSR count). The molecule has 31 heteroatoms. The number of primary amides is 1. The summed E-state index contributed by atoms with van der Waals surface area (Å²) in [6.45, 7) is 20.3. The largest absolute Gasteiger partial charge is 0.394 e. The number of carbonyl (C=O) groups excluding carboxylic acids is 11. The van der Waals surface area contributed by atoms with Crippen LogP contribution in [0.2, 0.25) is 0 Å². The summed E-state index contributed by atoms with van der Waals surface area (Å²) in [5, 5.41) is 72.1. The quantitative estimate of drug-likeness (QED) is 0.0295. The van der Waals surface area contributed by atoms with Crippen molar-refractivity contribution in [3.8, 4) is 0 Å². The highest BCUT2D eigenvalue weighted by Crippen LogP contribution is 2.25. The van der Waals surface area contributed by atoms with E-state index in [9.17, 15) is 63.6 Å². The summed E-state index contributed by atoms with van der Waals surface area (Å²) >= 11 is 0. The Morgan fingerprint density at radius 1 is 0.648 bits per heavy atom. The molecule has 1 heterocycles. The first-order chi connectivity index (χ1) is 42.2. The molecule has 0 aliphatic carbocycles. The van der Waals surface area contributed by atoms with Crippen LogP contribution in [0.15, 0.2) is 35.3 Å². The smallest absolute Gasteiger partial charge is 0.248 e. The molecule has 0 spiro atoms. The third kappa shape index (κ3) is 27.4. The van der Waals surface area contributed by atoms with Crippen LogP contribution in [0.4, 0.5) is 0 Å². The van der Waals surface area contributed by atoms with E-state index >= 15 is 9.59 Å². The molecule has 0 saturated carbocycles. The van der Waals surface area contributed by atoms with E-state index in [-0.39, 0.29) is 68.0 Å². The van der Waals surface area contributed by atoms with Crippen LogP contribution in [-0.2, 0) is 52.7 Å². The normalized spacial score (nSPS) is 24.9. The van der Waals surface area contributed by atoms with Gasteiger partial charge in [-0.15, -0.1) is 0 Å². The van der Waals surface area contributed by atoms with Gasteiger partial charge in [0.2, 0.25) is 65.0 Å². The maximum atomic E-state index is 15.5. The SMILES string of the molecule is CC[C@H](C)[C@@H]1NC(=O)[C@@H](CCCN=C(N)N)NC(=O)[C@H](CC(C)C)NC(=O)[C@H]([C@H](O)C(C)C)NC(=O)[C@@H](NC(=O)[C@H](CC(C)(C)C)NC[C@@H](N)CC(C)(C)C)[C@@H](c2ccccc2)NC(=O)[C@H](CO)NC(=O)[C@H]([C@H](O)C(N)=O)NC(=O)CNC(=O)[C@H]([C@H](C)O)NC1=O.